The first kappa shape index (κ1) is 16.7. The zero-order chi connectivity index (χ0) is 13.7. The topological polar surface area (TPSA) is 149 Å². The molecule has 0 saturated heterocycles. The Morgan fingerprint density at radius 3 is 1.35 bits per heavy atom. The van der Waals surface area contributed by atoms with E-state index in [1.165, 1.54) is 6.42 Å². The smallest absolute Gasteiger partial charge is 0.267 e. The molecule has 103 valence electrons. The van der Waals surface area contributed by atoms with Crippen LogP contribution in [0.5, 0.6) is 0 Å². The van der Waals surface area contributed by atoms with Crippen LogP contribution in [0.4, 0.5) is 0 Å². The van der Waals surface area contributed by atoms with Gasteiger partial charge in [-0.3, -0.25) is 9.11 Å². The Kier molecular flexibility index (Phi) is 6.51. The van der Waals surface area contributed by atoms with Crippen molar-refractivity contribution in [3.63, 3.8) is 0 Å². The van der Waals surface area contributed by atoms with Gasteiger partial charge in [-0.25, -0.2) is 0 Å². The molecule has 2 atom stereocenters. The van der Waals surface area contributed by atoms with E-state index >= 15 is 0 Å². The third-order valence-corrected chi connectivity index (χ3v) is 3.30. The van der Waals surface area contributed by atoms with Gasteiger partial charge < -0.3 is 10.2 Å². The van der Waals surface area contributed by atoms with Gasteiger partial charge in [0.2, 0.25) is 0 Å². The lowest BCUT2D eigenvalue weighted by Crippen LogP contribution is -2.23. The number of rotatable bonds is 8. The third kappa shape index (κ3) is 12.0. The molecule has 1 radical (unpaired) electrons. The highest BCUT2D eigenvalue weighted by atomic mass is 32.2. The summed E-state index contributed by atoms with van der Waals surface area (Å²) < 4.78 is 58.2. The molecule has 0 saturated carbocycles. The molecule has 0 heterocycles. The fourth-order valence-corrected chi connectivity index (χ4v) is 2.35. The van der Waals surface area contributed by atoms with E-state index in [-0.39, 0.29) is 12.8 Å². The average Bonchev–Trinajstić information content (AvgIpc) is 1.95. The van der Waals surface area contributed by atoms with E-state index in [2.05, 4.69) is 0 Å². The van der Waals surface area contributed by atoms with Gasteiger partial charge in [0.1, 0.15) is 11.5 Å². The standard InChI is InChI=1S/C7H15O8S2/c8-6(4-16(10,11)12)2-1-3-7(9)5-17(13,14)15/h1,6-9H,2-5H2,(H,10,11,12)(H,13,14,15). The second-order valence-electron chi connectivity index (χ2n) is 3.56. The molecule has 8 nitrogen and oxygen atoms in total. The van der Waals surface area contributed by atoms with Crippen LogP contribution in [0, 0.1) is 6.42 Å². The first-order valence-corrected chi connectivity index (χ1v) is 7.79. The van der Waals surface area contributed by atoms with Crippen molar-refractivity contribution in [3.8, 4) is 0 Å². The van der Waals surface area contributed by atoms with Crippen LogP contribution in [0.25, 0.3) is 0 Å². The first-order valence-electron chi connectivity index (χ1n) is 4.58. The minimum Gasteiger partial charge on any atom is -0.392 e. The molecule has 0 aromatic carbocycles. The molecule has 0 spiro atoms. The Hall–Kier alpha value is -0.260. The summed E-state index contributed by atoms with van der Waals surface area (Å²) in [6, 6.07) is 0. The summed E-state index contributed by atoms with van der Waals surface area (Å²) in [4.78, 5) is 0. The number of hydrogen-bond donors (Lipinski definition) is 4. The molecule has 10 heteroatoms. The van der Waals surface area contributed by atoms with Gasteiger partial charge in [0.25, 0.3) is 20.2 Å². The van der Waals surface area contributed by atoms with Gasteiger partial charge in [0, 0.05) is 0 Å². The SMILES string of the molecule is O=S(=O)(O)CC(O)C[CH]CC(O)CS(=O)(=O)O. The Labute approximate surface area is 99.8 Å². The Morgan fingerprint density at radius 1 is 0.824 bits per heavy atom. The fourth-order valence-electron chi connectivity index (χ4n) is 1.10. The molecule has 0 aliphatic rings. The van der Waals surface area contributed by atoms with E-state index in [1.54, 1.807) is 0 Å². The largest absolute Gasteiger partial charge is 0.392 e. The van der Waals surface area contributed by atoms with Crippen molar-refractivity contribution in [3.05, 3.63) is 6.42 Å². The number of hydrogen-bond acceptors (Lipinski definition) is 6. The van der Waals surface area contributed by atoms with Gasteiger partial charge in [-0.15, -0.1) is 0 Å². The van der Waals surface area contributed by atoms with Gasteiger partial charge >= 0.3 is 0 Å². The van der Waals surface area contributed by atoms with Crippen molar-refractivity contribution < 1.29 is 36.2 Å². The van der Waals surface area contributed by atoms with E-state index in [1.807, 2.05) is 0 Å². The third-order valence-electron chi connectivity index (χ3n) is 1.68. The molecule has 0 amide bonds. The van der Waals surface area contributed by atoms with Gasteiger partial charge in [0.15, 0.2) is 0 Å². The highest BCUT2D eigenvalue weighted by molar-refractivity contribution is 7.86. The van der Waals surface area contributed by atoms with Crippen molar-refractivity contribution in [2.45, 2.75) is 25.0 Å². The summed E-state index contributed by atoms with van der Waals surface area (Å²) in [5, 5.41) is 18.2. The van der Waals surface area contributed by atoms with Crippen molar-refractivity contribution in [1.82, 2.24) is 0 Å². The Morgan fingerprint density at radius 2 is 1.12 bits per heavy atom. The monoisotopic (exact) mass is 291 g/mol. The molecule has 17 heavy (non-hydrogen) atoms. The molecule has 4 N–H and O–H groups in total. The molecule has 0 bridgehead atoms. The van der Waals surface area contributed by atoms with Crippen LogP contribution < -0.4 is 0 Å². The lowest BCUT2D eigenvalue weighted by Gasteiger charge is -2.10. The zero-order valence-electron chi connectivity index (χ0n) is 8.80. The zero-order valence-corrected chi connectivity index (χ0v) is 10.4. The Balaban J connectivity index is 3.85. The maximum absolute atomic E-state index is 10.3. The highest BCUT2D eigenvalue weighted by Gasteiger charge is 2.17. The van der Waals surface area contributed by atoms with Crippen LogP contribution in [0.1, 0.15) is 12.8 Å². The summed E-state index contributed by atoms with van der Waals surface area (Å²) in [5.41, 5.74) is 0. The maximum atomic E-state index is 10.3. The predicted octanol–water partition coefficient (Wildman–Crippen LogP) is -1.53. The summed E-state index contributed by atoms with van der Waals surface area (Å²) in [6.07, 6.45) is -1.66. The minimum absolute atomic E-state index is 0.137. The summed E-state index contributed by atoms with van der Waals surface area (Å²) in [5.74, 6) is -1.67. The molecular formula is C7H15O8S2. The van der Waals surface area contributed by atoms with Crippen molar-refractivity contribution in [2.75, 3.05) is 11.5 Å². The Bertz CT molecular complexity index is 371. The average molecular weight is 291 g/mol. The van der Waals surface area contributed by atoms with E-state index in [0.29, 0.717) is 0 Å². The van der Waals surface area contributed by atoms with Gasteiger partial charge in [-0.05, 0) is 19.3 Å². The van der Waals surface area contributed by atoms with Crippen LogP contribution in [0.15, 0.2) is 0 Å². The second-order valence-corrected chi connectivity index (χ2v) is 6.56. The lowest BCUT2D eigenvalue weighted by atomic mass is 10.1. The summed E-state index contributed by atoms with van der Waals surface area (Å²) in [7, 11) is -8.54. The molecule has 0 aromatic rings. The van der Waals surface area contributed by atoms with Gasteiger partial charge in [-0.2, -0.15) is 16.8 Å². The molecule has 0 rings (SSSR count). The van der Waals surface area contributed by atoms with Gasteiger partial charge in [-0.1, -0.05) is 0 Å². The van der Waals surface area contributed by atoms with Crippen molar-refractivity contribution in [2.24, 2.45) is 0 Å². The minimum atomic E-state index is -4.27. The summed E-state index contributed by atoms with van der Waals surface area (Å²) in [6.45, 7) is 0. The van der Waals surface area contributed by atoms with Crippen LogP contribution in [-0.2, 0) is 20.2 Å². The molecule has 0 aliphatic heterocycles. The van der Waals surface area contributed by atoms with Crippen molar-refractivity contribution >= 4 is 20.2 Å². The van der Waals surface area contributed by atoms with Crippen LogP contribution in [-0.4, -0.2) is 59.9 Å². The lowest BCUT2D eigenvalue weighted by molar-refractivity contribution is 0.174. The maximum Gasteiger partial charge on any atom is 0.267 e. The van der Waals surface area contributed by atoms with E-state index in [4.69, 9.17) is 19.3 Å². The van der Waals surface area contributed by atoms with E-state index in [0.717, 1.165) is 0 Å². The normalized spacial score (nSPS) is 16.7. The van der Waals surface area contributed by atoms with Crippen molar-refractivity contribution in [1.29, 1.82) is 0 Å². The fraction of sp³-hybridized carbons (Fsp3) is 0.857. The van der Waals surface area contributed by atoms with E-state index < -0.39 is 43.9 Å². The molecule has 0 aromatic heterocycles. The van der Waals surface area contributed by atoms with Crippen LogP contribution in [0.2, 0.25) is 0 Å². The molecule has 0 fully saturated rings. The summed E-state index contributed by atoms with van der Waals surface area (Å²) >= 11 is 0. The van der Waals surface area contributed by atoms with Gasteiger partial charge in [0.05, 0.1) is 12.2 Å². The molecular weight excluding hydrogens is 276 g/mol. The first-order chi connectivity index (χ1) is 7.49. The van der Waals surface area contributed by atoms with E-state index in [9.17, 15) is 16.8 Å². The predicted molar refractivity (Wildman–Crippen MR) is 58.4 cm³/mol. The highest BCUT2D eigenvalue weighted by Crippen LogP contribution is 2.06. The van der Waals surface area contributed by atoms with Crippen LogP contribution >= 0.6 is 0 Å². The second kappa shape index (κ2) is 6.61. The number of aliphatic hydroxyl groups is 2. The van der Waals surface area contributed by atoms with Crippen LogP contribution in [0.3, 0.4) is 0 Å². The quantitative estimate of drug-likeness (QED) is 0.393. The molecule has 0 aliphatic carbocycles. The number of aliphatic hydroxyl groups excluding tert-OH is 2. The molecule has 2 unspecified atom stereocenters.